The number of hydrogen-bond donors (Lipinski definition) is 2. The smallest absolute Gasteiger partial charge is 0.224 e. The molecule has 2 fully saturated rings. The molecule has 8 heteroatoms. The zero-order valence-corrected chi connectivity index (χ0v) is 18.9. The molecular weight excluding hydrogens is 405 g/mol. The molecular formula is C24H32FN7. The Morgan fingerprint density at radius 3 is 2.47 bits per heavy atom. The molecule has 0 saturated heterocycles. The molecule has 2 aliphatic carbocycles. The van der Waals surface area contributed by atoms with Crippen LogP contribution >= 0.6 is 0 Å². The minimum Gasteiger partial charge on any atom is -0.351 e. The highest BCUT2D eigenvalue weighted by atomic mass is 19.1. The van der Waals surface area contributed by atoms with Gasteiger partial charge >= 0.3 is 0 Å². The topological polar surface area (TPSA) is 70.9 Å². The van der Waals surface area contributed by atoms with Crippen LogP contribution in [-0.4, -0.2) is 50.6 Å². The summed E-state index contributed by atoms with van der Waals surface area (Å²) in [5.41, 5.74) is 1.97. The number of rotatable bonds is 6. The van der Waals surface area contributed by atoms with Crippen molar-refractivity contribution < 1.29 is 4.39 Å². The third-order valence-electron chi connectivity index (χ3n) is 7.00. The average Bonchev–Trinajstić information content (AvgIpc) is 3.43. The molecule has 0 atom stereocenters. The van der Waals surface area contributed by atoms with E-state index in [9.17, 15) is 4.39 Å². The van der Waals surface area contributed by atoms with Gasteiger partial charge in [0, 0.05) is 18.1 Å². The summed E-state index contributed by atoms with van der Waals surface area (Å²) >= 11 is 0. The van der Waals surface area contributed by atoms with Gasteiger partial charge in [-0.15, -0.1) is 0 Å². The van der Waals surface area contributed by atoms with Gasteiger partial charge in [0.2, 0.25) is 11.9 Å². The van der Waals surface area contributed by atoms with Gasteiger partial charge < -0.3 is 15.5 Å². The Bertz CT molecular complexity index is 1070. The van der Waals surface area contributed by atoms with Crippen LogP contribution in [0.4, 0.5) is 22.0 Å². The lowest BCUT2D eigenvalue weighted by Crippen LogP contribution is -2.36. The predicted molar refractivity (Wildman–Crippen MR) is 126 cm³/mol. The van der Waals surface area contributed by atoms with Gasteiger partial charge in [-0.3, -0.25) is 4.57 Å². The molecule has 0 amide bonds. The molecule has 0 aliphatic heterocycles. The van der Waals surface area contributed by atoms with Gasteiger partial charge in [0.05, 0.1) is 11.9 Å². The van der Waals surface area contributed by atoms with Crippen LogP contribution < -0.4 is 10.6 Å². The quantitative estimate of drug-likeness (QED) is 0.559. The van der Waals surface area contributed by atoms with E-state index in [0.29, 0.717) is 35.7 Å². The Kier molecular flexibility index (Phi) is 5.95. The normalized spacial score (nSPS) is 22.0. The minimum absolute atomic E-state index is 0.292. The molecule has 3 aromatic rings. The lowest BCUT2D eigenvalue weighted by atomic mass is 9.91. The number of aromatic nitrogens is 4. The summed E-state index contributed by atoms with van der Waals surface area (Å²) in [6, 6.07) is 8.06. The van der Waals surface area contributed by atoms with E-state index in [1.165, 1.54) is 31.7 Å². The molecule has 2 N–H and O–H groups in total. The van der Waals surface area contributed by atoms with E-state index in [1.54, 1.807) is 18.3 Å². The van der Waals surface area contributed by atoms with E-state index < -0.39 is 0 Å². The number of fused-ring (bicyclic) bond motifs is 1. The van der Waals surface area contributed by atoms with E-state index in [2.05, 4.69) is 39.2 Å². The van der Waals surface area contributed by atoms with E-state index in [0.717, 1.165) is 36.8 Å². The van der Waals surface area contributed by atoms with Crippen molar-refractivity contribution in [3.05, 3.63) is 36.3 Å². The summed E-state index contributed by atoms with van der Waals surface area (Å²) in [6.45, 7) is 0. The molecule has 2 saturated carbocycles. The average molecular weight is 438 g/mol. The lowest BCUT2D eigenvalue weighted by Gasteiger charge is -2.32. The number of nitrogens with one attached hydrogen (secondary N) is 2. The van der Waals surface area contributed by atoms with Crippen molar-refractivity contribution in [3.63, 3.8) is 0 Å². The summed E-state index contributed by atoms with van der Waals surface area (Å²) < 4.78 is 16.5. The summed E-state index contributed by atoms with van der Waals surface area (Å²) in [7, 11) is 4.32. The van der Waals surface area contributed by atoms with E-state index in [4.69, 9.17) is 9.97 Å². The highest BCUT2D eigenvalue weighted by molar-refractivity contribution is 5.76. The Morgan fingerprint density at radius 1 is 1.00 bits per heavy atom. The van der Waals surface area contributed by atoms with Crippen LogP contribution in [0.5, 0.6) is 0 Å². The minimum atomic E-state index is -0.292. The highest BCUT2D eigenvalue weighted by Gasteiger charge is 2.26. The molecule has 7 nitrogen and oxygen atoms in total. The molecule has 0 unspecified atom stereocenters. The molecule has 32 heavy (non-hydrogen) atoms. The molecule has 2 aliphatic rings. The predicted octanol–water partition coefficient (Wildman–Crippen LogP) is 5.11. The number of anilines is 3. The number of hydrogen-bond acceptors (Lipinski definition) is 6. The molecule has 5 rings (SSSR count). The van der Waals surface area contributed by atoms with Crippen molar-refractivity contribution in [1.82, 2.24) is 24.4 Å². The van der Waals surface area contributed by atoms with Gasteiger partial charge in [-0.05, 0) is 64.8 Å². The first kappa shape index (κ1) is 21.1. The van der Waals surface area contributed by atoms with Crippen LogP contribution in [-0.2, 0) is 0 Å². The monoisotopic (exact) mass is 437 g/mol. The summed E-state index contributed by atoms with van der Waals surface area (Å²) in [6.07, 6.45) is 10.9. The first-order chi connectivity index (χ1) is 15.6. The highest BCUT2D eigenvalue weighted by Crippen LogP contribution is 2.36. The molecule has 0 radical (unpaired) electrons. The van der Waals surface area contributed by atoms with Gasteiger partial charge in [0.15, 0.2) is 5.65 Å². The van der Waals surface area contributed by atoms with Crippen molar-refractivity contribution in [2.45, 2.75) is 69.5 Å². The third-order valence-corrected chi connectivity index (χ3v) is 7.00. The van der Waals surface area contributed by atoms with Crippen molar-refractivity contribution in [2.75, 3.05) is 24.7 Å². The number of imidazole rings is 1. The zero-order valence-electron chi connectivity index (χ0n) is 18.9. The molecule has 2 heterocycles. The van der Waals surface area contributed by atoms with Crippen LogP contribution in [0, 0.1) is 5.82 Å². The van der Waals surface area contributed by atoms with Gasteiger partial charge in [-0.25, -0.2) is 14.4 Å². The van der Waals surface area contributed by atoms with Crippen molar-refractivity contribution in [1.29, 1.82) is 0 Å². The second-order valence-electron chi connectivity index (χ2n) is 9.36. The number of halogens is 1. The largest absolute Gasteiger partial charge is 0.351 e. The standard InChI is InChI=1S/C24H32FN7/c1-31(2)17-13-11-16(12-14-17)27-23-26-15-21-22(30-23)32(18-7-3-4-8-18)24(29-21)28-20-10-6-5-9-19(20)25/h5-6,9-10,15-18H,3-4,7-8,11-14H2,1-2H3,(H,28,29)(H,26,27,30)/t16-,17-. The van der Waals surface area contributed by atoms with Crippen LogP contribution in [0.15, 0.2) is 30.5 Å². The fourth-order valence-electron chi connectivity index (χ4n) is 5.16. The summed E-state index contributed by atoms with van der Waals surface area (Å²) in [4.78, 5) is 16.5. The van der Waals surface area contributed by atoms with E-state index in [-0.39, 0.29) is 5.82 Å². The van der Waals surface area contributed by atoms with Crippen LogP contribution in [0.2, 0.25) is 0 Å². The third kappa shape index (κ3) is 4.28. The van der Waals surface area contributed by atoms with Crippen LogP contribution in [0.3, 0.4) is 0 Å². The Morgan fingerprint density at radius 2 is 1.75 bits per heavy atom. The van der Waals surface area contributed by atoms with Gasteiger partial charge in [0.25, 0.3) is 0 Å². The summed E-state index contributed by atoms with van der Waals surface area (Å²) in [5, 5.41) is 6.76. The molecule has 2 aromatic heterocycles. The summed E-state index contributed by atoms with van der Waals surface area (Å²) in [5.74, 6) is 0.997. The van der Waals surface area contributed by atoms with E-state index in [1.807, 2.05) is 6.07 Å². The Labute approximate surface area is 188 Å². The maximum Gasteiger partial charge on any atom is 0.224 e. The fourth-order valence-corrected chi connectivity index (χ4v) is 5.16. The Hall–Kier alpha value is -2.74. The SMILES string of the molecule is CN(C)[C@H]1CC[C@H](Nc2ncc3nc(Nc4ccccc4F)n(C4CCCC4)c3n2)CC1. The second-order valence-corrected chi connectivity index (χ2v) is 9.36. The van der Waals surface area contributed by atoms with Crippen LogP contribution in [0.1, 0.15) is 57.4 Å². The molecule has 0 bridgehead atoms. The Balaban J connectivity index is 1.43. The van der Waals surface area contributed by atoms with Crippen molar-refractivity contribution >= 4 is 28.7 Å². The first-order valence-electron chi connectivity index (χ1n) is 11.8. The maximum atomic E-state index is 14.3. The number of benzene rings is 1. The number of nitrogens with zero attached hydrogens (tertiary/aromatic N) is 5. The first-order valence-corrected chi connectivity index (χ1v) is 11.8. The lowest BCUT2D eigenvalue weighted by molar-refractivity contribution is 0.221. The zero-order chi connectivity index (χ0) is 22.1. The molecule has 0 spiro atoms. The maximum absolute atomic E-state index is 14.3. The van der Waals surface area contributed by atoms with Gasteiger partial charge in [-0.2, -0.15) is 4.98 Å². The van der Waals surface area contributed by atoms with Gasteiger partial charge in [-0.1, -0.05) is 25.0 Å². The van der Waals surface area contributed by atoms with Crippen LogP contribution in [0.25, 0.3) is 11.2 Å². The second kappa shape index (κ2) is 9.02. The number of para-hydroxylation sites is 1. The van der Waals surface area contributed by atoms with Crippen molar-refractivity contribution in [2.24, 2.45) is 0 Å². The van der Waals surface area contributed by atoms with Crippen molar-refractivity contribution in [3.8, 4) is 0 Å². The fraction of sp³-hybridized carbons (Fsp3) is 0.542. The molecule has 170 valence electrons. The van der Waals surface area contributed by atoms with Gasteiger partial charge in [0.1, 0.15) is 11.3 Å². The molecule has 1 aromatic carbocycles. The van der Waals surface area contributed by atoms with E-state index >= 15 is 0 Å².